The van der Waals surface area contributed by atoms with E-state index in [1.54, 1.807) is 54.6 Å². The summed E-state index contributed by atoms with van der Waals surface area (Å²) in [6.45, 7) is 0. The molecule has 4 aliphatic rings. The smallest absolute Gasteiger partial charge is 0.260 e. The number of halogens is 2. The van der Waals surface area contributed by atoms with E-state index in [1.165, 1.54) is 32.2 Å². The Morgan fingerprint density at radius 3 is 2.30 bits per heavy atom. The van der Waals surface area contributed by atoms with E-state index in [1.807, 2.05) is 6.08 Å². The summed E-state index contributed by atoms with van der Waals surface area (Å²) >= 11 is 12.6. The number of likely N-dealkylation sites (tertiary alicyclic amines) is 1. The Morgan fingerprint density at radius 2 is 1.64 bits per heavy atom. The number of rotatable bonds is 6. The quantitative estimate of drug-likeness (QED) is 0.265. The molecule has 1 saturated carbocycles. The molecular weight excluding hydrogens is 645 g/mol. The van der Waals surface area contributed by atoms with Gasteiger partial charge in [-0.05, 0) is 72.4 Å². The van der Waals surface area contributed by atoms with E-state index >= 15 is 4.79 Å². The summed E-state index contributed by atoms with van der Waals surface area (Å²) in [5.41, 5.74) is 3.62. The number of phenols is 1. The van der Waals surface area contributed by atoms with Crippen molar-refractivity contribution in [3.8, 4) is 17.2 Å². The SMILES string of the molecule is COc1ccc(C23C(=O)N(Nc4ccc(Cl)cc4Cl)C(=O)C2CC2C(=CCC4C(=O)N(C)C(=O)C42)C3c2ccc(OC)c(O)c2)cc1. The van der Waals surface area contributed by atoms with Crippen LogP contribution in [0.25, 0.3) is 0 Å². The number of carbonyl (C=O) groups excluding carboxylic acids is 4. The molecule has 2 N–H and O–H groups in total. The van der Waals surface area contributed by atoms with Gasteiger partial charge in [0.25, 0.3) is 11.8 Å². The van der Waals surface area contributed by atoms with Gasteiger partial charge in [-0.3, -0.25) is 29.5 Å². The Labute approximate surface area is 280 Å². The molecule has 3 fully saturated rings. The highest BCUT2D eigenvalue weighted by Crippen LogP contribution is 2.64. The fourth-order valence-corrected chi connectivity index (χ4v) is 8.71. The number of hydrazine groups is 1. The molecule has 0 aromatic heterocycles. The predicted molar refractivity (Wildman–Crippen MR) is 173 cm³/mol. The lowest BCUT2D eigenvalue weighted by Gasteiger charge is -2.50. The molecule has 2 aliphatic carbocycles. The van der Waals surface area contributed by atoms with Crippen LogP contribution in [0.5, 0.6) is 17.2 Å². The van der Waals surface area contributed by atoms with Gasteiger partial charge in [0, 0.05) is 18.0 Å². The van der Waals surface area contributed by atoms with Gasteiger partial charge in [0.1, 0.15) is 5.75 Å². The largest absolute Gasteiger partial charge is 0.504 e. The van der Waals surface area contributed by atoms with Crippen molar-refractivity contribution in [3.63, 3.8) is 0 Å². The van der Waals surface area contributed by atoms with Gasteiger partial charge in [-0.15, -0.1) is 0 Å². The van der Waals surface area contributed by atoms with E-state index in [0.29, 0.717) is 34.0 Å². The average molecular weight is 677 g/mol. The molecule has 47 heavy (non-hydrogen) atoms. The molecule has 6 unspecified atom stereocenters. The van der Waals surface area contributed by atoms with E-state index in [9.17, 15) is 19.5 Å². The van der Waals surface area contributed by atoms with Crippen molar-refractivity contribution >= 4 is 52.5 Å². The van der Waals surface area contributed by atoms with Crippen molar-refractivity contribution in [2.75, 3.05) is 26.7 Å². The van der Waals surface area contributed by atoms with Gasteiger partial charge in [-0.2, -0.15) is 5.01 Å². The summed E-state index contributed by atoms with van der Waals surface area (Å²) in [5, 5.41) is 12.6. The van der Waals surface area contributed by atoms with Crippen molar-refractivity contribution in [3.05, 3.63) is 93.5 Å². The van der Waals surface area contributed by atoms with Crippen molar-refractivity contribution in [1.82, 2.24) is 9.91 Å². The van der Waals surface area contributed by atoms with Crippen LogP contribution in [0.15, 0.2) is 72.3 Å². The number of methoxy groups -OCH3 is 2. The van der Waals surface area contributed by atoms with Crippen LogP contribution in [0.4, 0.5) is 5.69 Å². The number of anilines is 1. The molecule has 2 heterocycles. The summed E-state index contributed by atoms with van der Waals surface area (Å²) in [4.78, 5) is 57.8. The normalized spacial score (nSPS) is 28.1. The van der Waals surface area contributed by atoms with Crippen molar-refractivity contribution in [1.29, 1.82) is 0 Å². The Balaban J connectivity index is 1.48. The lowest BCUT2D eigenvalue weighted by Crippen LogP contribution is -2.53. The first-order chi connectivity index (χ1) is 22.5. The van der Waals surface area contributed by atoms with Gasteiger partial charge < -0.3 is 14.6 Å². The lowest BCUT2D eigenvalue weighted by molar-refractivity contribution is -0.140. The maximum atomic E-state index is 15.2. The van der Waals surface area contributed by atoms with E-state index in [-0.39, 0.29) is 34.8 Å². The number of imide groups is 2. The summed E-state index contributed by atoms with van der Waals surface area (Å²) in [7, 11) is 4.46. The number of fused-ring (bicyclic) bond motifs is 4. The second-order valence-electron chi connectivity index (χ2n) is 12.4. The molecule has 0 radical (unpaired) electrons. The number of hydrogen-bond acceptors (Lipinski definition) is 8. The molecule has 2 aliphatic heterocycles. The maximum Gasteiger partial charge on any atom is 0.260 e. The van der Waals surface area contributed by atoms with Gasteiger partial charge in [0.05, 0.1) is 48.1 Å². The van der Waals surface area contributed by atoms with Crippen molar-refractivity contribution in [2.45, 2.75) is 24.2 Å². The number of benzene rings is 3. The Bertz CT molecular complexity index is 1880. The molecule has 12 heteroatoms. The second kappa shape index (κ2) is 11.3. The van der Waals surface area contributed by atoms with E-state index in [2.05, 4.69) is 5.43 Å². The third-order valence-corrected chi connectivity index (χ3v) is 10.9. The molecule has 10 nitrogen and oxygen atoms in total. The van der Waals surface area contributed by atoms with Crippen molar-refractivity contribution in [2.24, 2.45) is 23.7 Å². The molecule has 2 saturated heterocycles. The number of hydrogen-bond donors (Lipinski definition) is 2. The molecule has 3 aromatic rings. The van der Waals surface area contributed by atoms with Gasteiger partial charge in [-0.1, -0.05) is 53.1 Å². The number of nitrogens with zero attached hydrogens (tertiary/aromatic N) is 2. The van der Waals surface area contributed by atoms with E-state index < -0.39 is 46.8 Å². The van der Waals surface area contributed by atoms with Crippen molar-refractivity contribution < 1.29 is 33.8 Å². The molecule has 0 bridgehead atoms. The number of aromatic hydroxyl groups is 1. The minimum atomic E-state index is -1.52. The third-order valence-electron chi connectivity index (χ3n) is 10.3. The average Bonchev–Trinajstić information content (AvgIpc) is 3.42. The Kier molecular flexibility index (Phi) is 7.48. The summed E-state index contributed by atoms with van der Waals surface area (Å²) in [5.74, 6) is -4.48. The number of ether oxygens (including phenoxy) is 2. The molecular formula is C35H31Cl2N3O7. The summed E-state index contributed by atoms with van der Waals surface area (Å²) < 4.78 is 10.7. The van der Waals surface area contributed by atoms with Crippen LogP contribution in [-0.4, -0.2) is 59.9 Å². The van der Waals surface area contributed by atoms with Gasteiger partial charge in [0.2, 0.25) is 11.8 Å². The van der Waals surface area contributed by atoms with Gasteiger partial charge in [-0.25, -0.2) is 0 Å². The molecule has 7 rings (SSSR count). The third kappa shape index (κ3) is 4.45. The standard InChI is InChI=1S/C35H31Cl2N3O7/c1-39-31(42)22-11-10-21-23(29(22)33(39)44)16-24-32(43)40(38-26-12-7-19(36)15-25(26)37)34(45)35(24,18-5-8-20(46-2)9-6-18)30(21)17-4-13-28(47-3)27(41)14-17/h4-10,12-15,22-24,29-30,38,41H,11,16H2,1-3H3. The summed E-state index contributed by atoms with van der Waals surface area (Å²) in [6.07, 6.45) is 2.40. The first-order valence-electron chi connectivity index (χ1n) is 15.2. The van der Waals surface area contributed by atoms with E-state index in [4.69, 9.17) is 32.7 Å². The van der Waals surface area contributed by atoms with Crippen LogP contribution >= 0.6 is 23.2 Å². The highest BCUT2D eigenvalue weighted by Gasteiger charge is 2.70. The fraction of sp³-hybridized carbons (Fsp3) is 0.314. The molecule has 3 aromatic carbocycles. The van der Waals surface area contributed by atoms with Gasteiger partial charge >= 0.3 is 0 Å². The first kappa shape index (κ1) is 31.1. The van der Waals surface area contributed by atoms with Crippen LogP contribution in [0.2, 0.25) is 10.0 Å². The zero-order chi connectivity index (χ0) is 33.4. The Hall–Kier alpha value is -4.54. The summed E-state index contributed by atoms with van der Waals surface area (Å²) in [6, 6.07) is 16.6. The van der Waals surface area contributed by atoms with Gasteiger partial charge in [0.15, 0.2) is 11.5 Å². The topological polar surface area (TPSA) is 125 Å². The molecule has 6 atom stereocenters. The monoisotopic (exact) mass is 675 g/mol. The first-order valence-corrected chi connectivity index (χ1v) is 15.9. The zero-order valence-corrected chi connectivity index (χ0v) is 27.2. The highest BCUT2D eigenvalue weighted by molar-refractivity contribution is 6.36. The molecule has 242 valence electrons. The minimum Gasteiger partial charge on any atom is -0.504 e. The highest BCUT2D eigenvalue weighted by atomic mass is 35.5. The van der Waals surface area contributed by atoms with Crippen LogP contribution in [0.3, 0.4) is 0 Å². The van der Waals surface area contributed by atoms with E-state index in [0.717, 1.165) is 10.6 Å². The molecule has 0 spiro atoms. The second-order valence-corrected chi connectivity index (χ2v) is 13.2. The number of allylic oxidation sites excluding steroid dienone is 2. The number of carbonyl (C=O) groups is 4. The number of phenolic OH excluding ortho intramolecular Hbond substituents is 1. The maximum absolute atomic E-state index is 15.2. The fourth-order valence-electron chi connectivity index (χ4n) is 8.26. The minimum absolute atomic E-state index is 0.141. The Morgan fingerprint density at radius 1 is 0.894 bits per heavy atom. The lowest BCUT2D eigenvalue weighted by atomic mass is 9.49. The van der Waals surface area contributed by atoms with Crippen LogP contribution in [0, 0.1) is 23.7 Å². The van der Waals surface area contributed by atoms with Crippen LogP contribution in [0.1, 0.15) is 29.9 Å². The zero-order valence-electron chi connectivity index (χ0n) is 25.7. The number of nitrogens with one attached hydrogen (secondary N) is 1. The molecule has 4 amide bonds. The van der Waals surface area contributed by atoms with Crippen LogP contribution in [-0.2, 0) is 24.6 Å². The number of amides is 4. The predicted octanol–water partition coefficient (Wildman–Crippen LogP) is 5.33. The van der Waals surface area contributed by atoms with Crippen LogP contribution < -0.4 is 14.9 Å².